The number of anilines is 1. The molecule has 28 heavy (non-hydrogen) atoms. The van der Waals surface area contributed by atoms with E-state index in [-0.39, 0.29) is 5.91 Å². The van der Waals surface area contributed by atoms with E-state index in [0.29, 0.717) is 17.9 Å². The van der Waals surface area contributed by atoms with E-state index in [2.05, 4.69) is 47.2 Å². The van der Waals surface area contributed by atoms with Crippen molar-refractivity contribution in [3.63, 3.8) is 0 Å². The molecule has 144 valence electrons. The fourth-order valence-corrected chi connectivity index (χ4v) is 5.58. The smallest absolute Gasteiger partial charge is 0.260 e. The van der Waals surface area contributed by atoms with Gasteiger partial charge in [-0.2, -0.15) is 11.8 Å². The lowest BCUT2D eigenvalue weighted by molar-refractivity contribution is -0.110. The van der Waals surface area contributed by atoms with Crippen molar-refractivity contribution >= 4 is 34.7 Å². The Morgan fingerprint density at radius 1 is 1.21 bits per heavy atom. The molecule has 2 aromatic rings. The van der Waals surface area contributed by atoms with Crippen molar-refractivity contribution in [3.05, 3.63) is 64.7 Å². The molecular weight excluding hydrogens is 368 g/mol. The fourth-order valence-electron chi connectivity index (χ4n) is 4.28. The van der Waals surface area contributed by atoms with Crippen LogP contribution in [0, 0.1) is 0 Å². The van der Waals surface area contributed by atoms with Crippen molar-refractivity contribution in [2.75, 3.05) is 30.4 Å². The van der Waals surface area contributed by atoms with E-state index in [1.54, 1.807) is 0 Å². The van der Waals surface area contributed by atoms with Crippen LogP contribution >= 0.6 is 11.8 Å². The topological polar surface area (TPSA) is 41.6 Å². The molecule has 1 saturated heterocycles. The van der Waals surface area contributed by atoms with Crippen molar-refractivity contribution in [2.24, 2.45) is 0 Å². The second kappa shape index (κ2) is 7.30. The van der Waals surface area contributed by atoms with Gasteiger partial charge in [0.1, 0.15) is 12.4 Å². The summed E-state index contributed by atoms with van der Waals surface area (Å²) in [6.45, 7) is 1.61. The molecule has 5 rings (SSSR count). The van der Waals surface area contributed by atoms with Gasteiger partial charge in [0, 0.05) is 40.7 Å². The molecule has 1 fully saturated rings. The molecular formula is C23H24N2O2S. The summed E-state index contributed by atoms with van der Waals surface area (Å²) in [5.41, 5.74) is 6.00. The lowest BCUT2D eigenvalue weighted by Gasteiger charge is -2.23. The summed E-state index contributed by atoms with van der Waals surface area (Å²) in [5, 5.41) is 2.94. The second-order valence-corrected chi connectivity index (χ2v) is 8.88. The van der Waals surface area contributed by atoms with Gasteiger partial charge in [0.05, 0.1) is 5.57 Å². The van der Waals surface area contributed by atoms with E-state index in [4.69, 9.17) is 4.74 Å². The third-order valence-corrected chi connectivity index (χ3v) is 7.11. The number of hydrogen-bond acceptors (Lipinski definition) is 4. The molecule has 1 N–H and O–H groups in total. The van der Waals surface area contributed by atoms with Gasteiger partial charge in [-0.1, -0.05) is 36.4 Å². The van der Waals surface area contributed by atoms with Crippen molar-refractivity contribution in [1.82, 2.24) is 4.90 Å². The maximum Gasteiger partial charge on any atom is 0.260 e. The summed E-state index contributed by atoms with van der Waals surface area (Å²) < 4.78 is 6.00. The van der Waals surface area contributed by atoms with Gasteiger partial charge in [0.25, 0.3) is 5.91 Å². The first kappa shape index (κ1) is 17.8. The third-order valence-electron chi connectivity index (χ3n) is 5.97. The Balaban J connectivity index is 1.38. The number of hydrogen-bond donors (Lipinski definition) is 1. The maximum atomic E-state index is 12.5. The highest BCUT2D eigenvalue weighted by Crippen LogP contribution is 2.41. The number of ether oxygens (including phenoxy) is 1. The molecule has 4 nitrogen and oxygen atoms in total. The minimum atomic E-state index is -0.0795. The molecule has 3 heterocycles. The number of likely N-dealkylation sites (N-methyl/N-ethyl adjacent to an activating group) is 1. The second-order valence-electron chi connectivity index (χ2n) is 7.73. The molecule has 0 bridgehead atoms. The van der Waals surface area contributed by atoms with Crippen LogP contribution in [-0.2, 0) is 22.6 Å². The number of thioether (sulfide) groups is 1. The van der Waals surface area contributed by atoms with E-state index in [1.807, 2.05) is 24.3 Å². The summed E-state index contributed by atoms with van der Waals surface area (Å²) in [5.74, 6) is 3.18. The van der Waals surface area contributed by atoms with Gasteiger partial charge in [0.15, 0.2) is 0 Å². The normalized spacial score (nSPS) is 22.9. The number of benzene rings is 2. The van der Waals surface area contributed by atoms with Crippen molar-refractivity contribution in [3.8, 4) is 0 Å². The zero-order valence-electron chi connectivity index (χ0n) is 16.0. The molecule has 1 amide bonds. The fraction of sp³-hybridized carbons (Fsp3) is 0.348. The van der Waals surface area contributed by atoms with E-state index >= 15 is 0 Å². The van der Waals surface area contributed by atoms with Crippen LogP contribution in [0.25, 0.3) is 11.3 Å². The first-order valence-electron chi connectivity index (χ1n) is 9.88. The first-order valence-corrected chi connectivity index (χ1v) is 11.0. The number of nitrogens with zero attached hydrogens (tertiary/aromatic N) is 1. The molecule has 3 aliphatic rings. The summed E-state index contributed by atoms with van der Waals surface area (Å²) in [4.78, 5) is 15.0. The highest BCUT2D eigenvalue weighted by molar-refractivity contribution is 7.99. The standard InChI is InChI=1S/C23H24N2O2S/c1-25(17-9-11-28-14-17)10-8-15-6-7-18-16(12-15)13-27-22(18)21-19-4-2-3-5-20(19)24-23(21)26/h2-7,12,17H,8-11,13-14H2,1H3,(H,24,26)/b22-21+. The van der Waals surface area contributed by atoms with Gasteiger partial charge in [-0.25, -0.2) is 0 Å². The van der Waals surface area contributed by atoms with Crippen LogP contribution in [-0.4, -0.2) is 41.9 Å². The average molecular weight is 393 g/mol. The Morgan fingerprint density at radius 3 is 2.96 bits per heavy atom. The first-order chi connectivity index (χ1) is 13.7. The van der Waals surface area contributed by atoms with Crippen LogP contribution in [0.2, 0.25) is 0 Å². The number of para-hydroxylation sites is 1. The molecule has 0 aromatic heterocycles. The Kier molecular flexibility index (Phi) is 4.65. The van der Waals surface area contributed by atoms with Gasteiger partial charge in [-0.05, 0) is 37.3 Å². The molecule has 5 heteroatoms. The van der Waals surface area contributed by atoms with Gasteiger partial charge < -0.3 is 15.0 Å². The van der Waals surface area contributed by atoms with Crippen LogP contribution in [0.5, 0.6) is 0 Å². The van der Waals surface area contributed by atoms with Crippen LogP contribution in [0.1, 0.15) is 28.7 Å². The molecule has 0 aliphatic carbocycles. The molecule has 0 saturated carbocycles. The predicted molar refractivity (Wildman–Crippen MR) is 115 cm³/mol. The van der Waals surface area contributed by atoms with E-state index in [1.165, 1.54) is 29.1 Å². The number of carbonyl (C=O) groups excluding carboxylic acids is 1. The zero-order valence-corrected chi connectivity index (χ0v) is 16.8. The zero-order chi connectivity index (χ0) is 19.1. The monoisotopic (exact) mass is 392 g/mol. The molecule has 0 radical (unpaired) electrons. The number of carbonyl (C=O) groups is 1. The molecule has 2 aromatic carbocycles. The van der Waals surface area contributed by atoms with E-state index < -0.39 is 0 Å². The van der Waals surface area contributed by atoms with E-state index in [9.17, 15) is 4.79 Å². The van der Waals surface area contributed by atoms with Crippen molar-refractivity contribution in [2.45, 2.75) is 25.5 Å². The largest absolute Gasteiger partial charge is 0.487 e. The lowest BCUT2D eigenvalue weighted by atomic mass is 9.98. The third kappa shape index (κ3) is 3.12. The molecule has 1 atom stereocenters. The van der Waals surface area contributed by atoms with Crippen molar-refractivity contribution < 1.29 is 9.53 Å². The number of nitrogens with one attached hydrogen (secondary N) is 1. The number of fused-ring (bicyclic) bond motifs is 2. The average Bonchev–Trinajstić information content (AvgIpc) is 3.43. The van der Waals surface area contributed by atoms with Crippen molar-refractivity contribution in [1.29, 1.82) is 0 Å². The van der Waals surface area contributed by atoms with Gasteiger partial charge >= 0.3 is 0 Å². The Hall–Kier alpha value is -2.24. The summed E-state index contributed by atoms with van der Waals surface area (Å²) in [6.07, 6.45) is 2.35. The highest BCUT2D eigenvalue weighted by atomic mass is 32.2. The molecule has 0 spiro atoms. The van der Waals surface area contributed by atoms with Crippen LogP contribution < -0.4 is 5.32 Å². The minimum absolute atomic E-state index is 0.0795. The minimum Gasteiger partial charge on any atom is -0.487 e. The Morgan fingerprint density at radius 2 is 2.11 bits per heavy atom. The Bertz CT molecular complexity index is 963. The summed E-state index contributed by atoms with van der Waals surface area (Å²) >= 11 is 2.06. The van der Waals surface area contributed by atoms with Crippen LogP contribution in [0.4, 0.5) is 5.69 Å². The number of rotatable bonds is 4. The van der Waals surface area contributed by atoms with E-state index in [0.717, 1.165) is 35.8 Å². The molecule has 1 unspecified atom stereocenters. The summed E-state index contributed by atoms with van der Waals surface area (Å²) in [6, 6.07) is 15.1. The molecule has 3 aliphatic heterocycles. The Labute approximate surface area is 170 Å². The highest BCUT2D eigenvalue weighted by Gasteiger charge is 2.32. The SMILES string of the molecule is CN(CCc1ccc2c(c1)CO/C2=C1/C(=O)Nc2ccccc21)C1CCSC1. The van der Waals surface area contributed by atoms with Gasteiger partial charge in [0.2, 0.25) is 0 Å². The lowest BCUT2D eigenvalue weighted by Crippen LogP contribution is -2.33. The van der Waals surface area contributed by atoms with Crippen LogP contribution in [0.15, 0.2) is 42.5 Å². The summed E-state index contributed by atoms with van der Waals surface area (Å²) in [7, 11) is 2.24. The van der Waals surface area contributed by atoms with Gasteiger partial charge in [-0.15, -0.1) is 0 Å². The quantitative estimate of drug-likeness (QED) is 0.798. The number of amides is 1. The maximum absolute atomic E-state index is 12.5. The van der Waals surface area contributed by atoms with Crippen LogP contribution in [0.3, 0.4) is 0 Å². The van der Waals surface area contributed by atoms with Gasteiger partial charge in [-0.3, -0.25) is 4.79 Å². The predicted octanol–water partition coefficient (Wildman–Crippen LogP) is 4.02.